The van der Waals surface area contributed by atoms with Gasteiger partial charge < -0.3 is 14.8 Å². The number of halogens is 5. The molecule has 0 aliphatic carbocycles. The zero-order valence-corrected chi connectivity index (χ0v) is 13.9. The molecule has 26 heavy (non-hydrogen) atoms. The highest BCUT2D eigenvalue weighted by atomic mass is 35.5. The summed E-state index contributed by atoms with van der Waals surface area (Å²) in [6, 6.07) is 6.46. The Labute approximate surface area is 150 Å². The molecule has 0 unspecified atom stereocenters. The summed E-state index contributed by atoms with van der Waals surface area (Å²) >= 11 is 5.60. The van der Waals surface area contributed by atoms with Gasteiger partial charge in [-0.05, 0) is 23.8 Å². The van der Waals surface area contributed by atoms with Crippen LogP contribution in [0, 0.1) is 5.82 Å². The highest BCUT2D eigenvalue weighted by molar-refractivity contribution is 6.30. The van der Waals surface area contributed by atoms with E-state index in [9.17, 15) is 22.4 Å². The lowest BCUT2D eigenvalue weighted by Gasteiger charge is -2.10. The van der Waals surface area contributed by atoms with Crippen LogP contribution in [0.5, 0.6) is 11.6 Å². The molecule has 0 aliphatic heterocycles. The Kier molecular flexibility index (Phi) is 6.62. The number of alkyl halides is 3. The number of carbonyl (C=O) groups excluding carboxylic acids is 1. The van der Waals surface area contributed by atoms with Gasteiger partial charge in [-0.15, -0.1) is 0 Å². The first-order valence-corrected chi connectivity index (χ1v) is 7.60. The number of aromatic nitrogens is 1. The van der Waals surface area contributed by atoms with E-state index in [0.29, 0.717) is 5.56 Å². The Hall–Kier alpha value is -2.55. The van der Waals surface area contributed by atoms with Crippen LogP contribution in [-0.2, 0) is 11.3 Å². The number of nitrogens with one attached hydrogen (secondary N) is 1. The summed E-state index contributed by atoms with van der Waals surface area (Å²) in [5.41, 5.74) is 0.496. The summed E-state index contributed by atoms with van der Waals surface area (Å²) in [6.07, 6.45) is -3.20. The third-order valence-electron chi connectivity index (χ3n) is 2.93. The van der Waals surface area contributed by atoms with Crippen LogP contribution < -0.4 is 14.8 Å². The normalized spacial score (nSPS) is 11.1. The van der Waals surface area contributed by atoms with E-state index in [1.165, 1.54) is 30.5 Å². The SMILES string of the molecule is O=C(COc1ccc(F)c(Cl)c1)NCc1ccnc(OCC(F)(F)F)c1. The predicted molar refractivity (Wildman–Crippen MR) is 84.5 cm³/mol. The van der Waals surface area contributed by atoms with E-state index in [1.54, 1.807) is 0 Å². The van der Waals surface area contributed by atoms with E-state index in [-0.39, 0.29) is 29.8 Å². The average Bonchev–Trinajstić information content (AvgIpc) is 2.59. The molecule has 10 heteroatoms. The van der Waals surface area contributed by atoms with Crippen LogP contribution in [-0.4, -0.2) is 30.3 Å². The van der Waals surface area contributed by atoms with E-state index in [2.05, 4.69) is 15.0 Å². The van der Waals surface area contributed by atoms with Gasteiger partial charge in [-0.2, -0.15) is 13.2 Å². The first-order valence-electron chi connectivity index (χ1n) is 7.22. The lowest BCUT2D eigenvalue weighted by Crippen LogP contribution is -2.28. The number of pyridine rings is 1. The van der Waals surface area contributed by atoms with Crippen LogP contribution >= 0.6 is 11.6 Å². The summed E-state index contributed by atoms with van der Waals surface area (Å²) in [6.45, 7) is -1.76. The Morgan fingerprint density at radius 1 is 1.19 bits per heavy atom. The smallest absolute Gasteiger partial charge is 0.422 e. The molecule has 1 N–H and O–H groups in total. The van der Waals surface area contributed by atoms with Crippen molar-refractivity contribution in [3.63, 3.8) is 0 Å². The van der Waals surface area contributed by atoms with E-state index in [4.69, 9.17) is 16.3 Å². The van der Waals surface area contributed by atoms with Crippen molar-refractivity contribution in [1.29, 1.82) is 0 Å². The summed E-state index contributed by atoms with van der Waals surface area (Å²) < 4.78 is 59.1. The van der Waals surface area contributed by atoms with E-state index in [0.717, 1.165) is 6.07 Å². The van der Waals surface area contributed by atoms with Crippen LogP contribution in [0.3, 0.4) is 0 Å². The van der Waals surface area contributed by atoms with Crippen molar-refractivity contribution >= 4 is 17.5 Å². The van der Waals surface area contributed by atoms with E-state index in [1.807, 2.05) is 0 Å². The monoisotopic (exact) mass is 392 g/mol. The minimum Gasteiger partial charge on any atom is -0.484 e. The fourth-order valence-corrected chi connectivity index (χ4v) is 1.93. The summed E-state index contributed by atoms with van der Waals surface area (Å²) in [5, 5.41) is 2.38. The zero-order chi connectivity index (χ0) is 19.2. The van der Waals surface area contributed by atoms with Crippen LogP contribution in [0.4, 0.5) is 17.6 Å². The fraction of sp³-hybridized carbons (Fsp3) is 0.250. The molecule has 0 saturated carbocycles. The van der Waals surface area contributed by atoms with Crippen LogP contribution in [0.15, 0.2) is 36.5 Å². The second-order valence-electron chi connectivity index (χ2n) is 5.05. The van der Waals surface area contributed by atoms with Gasteiger partial charge in [-0.1, -0.05) is 11.6 Å². The molecule has 1 aromatic carbocycles. The second kappa shape index (κ2) is 8.70. The molecule has 1 amide bonds. The maximum atomic E-state index is 13.0. The maximum Gasteiger partial charge on any atom is 0.422 e. The lowest BCUT2D eigenvalue weighted by atomic mass is 10.2. The van der Waals surface area contributed by atoms with Gasteiger partial charge in [-0.25, -0.2) is 9.37 Å². The van der Waals surface area contributed by atoms with Gasteiger partial charge in [0.1, 0.15) is 11.6 Å². The topological polar surface area (TPSA) is 60.5 Å². The van der Waals surface area contributed by atoms with Crippen LogP contribution in [0.1, 0.15) is 5.56 Å². The number of benzene rings is 1. The molecule has 0 atom stereocenters. The highest BCUT2D eigenvalue weighted by Gasteiger charge is 2.28. The van der Waals surface area contributed by atoms with E-state index < -0.39 is 24.5 Å². The second-order valence-corrected chi connectivity index (χ2v) is 5.45. The van der Waals surface area contributed by atoms with Gasteiger partial charge in [-0.3, -0.25) is 4.79 Å². The Balaban J connectivity index is 1.80. The van der Waals surface area contributed by atoms with Crippen molar-refractivity contribution in [1.82, 2.24) is 10.3 Å². The highest BCUT2D eigenvalue weighted by Crippen LogP contribution is 2.21. The van der Waals surface area contributed by atoms with Crippen molar-refractivity contribution in [3.8, 4) is 11.6 Å². The summed E-state index contributed by atoms with van der Waals surface area (Å²) in [4.78, 5) is 15.4. The van der Waals surface area contributed by atoms with Gasteiger partial charge >= 0.3 is 6.18 Å². The summed E-state index contributed by atoms with van der Waals surface area (Å²) in [5.74, 6) is -1.07. The predicted octanol–water partition coefficient (Wildman–Crippen LogP) is 3.51. The lowest BCUT2D eigenvalue weighted by molar-refractivity contribution is -0.154. The Bertz CT molecular complexity index is 771. The fourth-order valence-electron chi connectivity index (χ4n) is 1.76. The van der Waals surface area contributed by atoms with Gasteiger partial charge in [0.2, 0.25) is 5.88 Å². The van der Waals surface area contributed by atoms with Crippen LogP contribution in [0.2, 0.25) is 5.02 Å². The third kappa shape index (κ3) is 6.75. The van der Waals surface area contributed by atoms with Gasteiger partial charge in [0.05, 0.1) is 5.02 Å². The first-order chi connectivity index (χ1) is 12.2. The van der Waals surface area contributed by atoms with Crippen molar-refractivity contribution in [3.05, 3.63) is 52.9 Å². The standard InChI is InChI=1S/C16H13ClF4N2O3/c17-12-6-11(1-2-13(12)18)25-8-14(24)23-7-10-3-4-22-15(5-10)26-9-16(19,20)21/h1-6H,7-9H2,(H,23,24). The zero-order valence-electron chi connectivity index (χ0n) is 13.1. The van der Waals surface area contributed by atoms with Crippen molar-refractivity contribution in [2.45, 2.75) is 12.7 Å². The number of hydrogen-bond acceptors (Lipinski definition) is 4. The average molecular weight is 393 g/mol. The number of rotatable bonds is 7. The first kappa shape index (κ1) is 19.8. The molecule has 1 heterocycles. The molecule has 2 rings (SSSR count). The minimum absolute atomic E-state index is 0.0390. The molecule has 0 spiro atoms. The molecule has 0 saturated heterocycles. The van der Waals surface area contributed by atoms with Gasteiger partial charge in [0.15, 0.2) is 13.2 Å². The number of hydrogen-bond donors (Lipinski definition) is 1. The van der Waals surface area contributed by atoms with Gasteiger partial charge in [0.25, 0.3) is 5.91 Å². The third-order valence-corrected chi connectivity index (χ3v) is 3.22. The number of ether oxygens (including phenoxy) is 2. The number of amides is 1. The molecule has 140 valence electrons. The van der Waals surface area contributed by atoms with Crippen molar-refractivity contribution in [2.75, 3.05) is 13.2 Å². The molecule has 2 aromatic rings. The number of nitrogens with zero attached hydrogens (tertiary/aromatic N) is 1. The molecular formula is C16H13ClF4N2O3. The largest absolute Gasteiger partial charge is 0.484 e. The van der Waals surface area contributed by atoms with E-state index >= 15 is 0 Å². The number of carbonyl (C=O) groups is 1. The van der Waals surface area contributed by atoms with Gasteiger partial charge in [0, 0.05) is 24.9 Å². The molecule has 0 bridgehead atoms. The Morgan fingerprint density at radius 3 is 2.65 bits per heavy atom. The quantitative estimate of drug-likeness (QED) is 0.733. The molecule has 5 nitrogen and oxygen atoms in total. The molecular weight excluding hydrogens is 380 g/mol. The molecule has 0 fully saturated rings. The summed E-state index contributed by atoms with van der Waals surface area (Å²) in [7, 11) is 0. The van der Waals surface area contributed by atoms with Crippen LogP contribution in [0.25, 0.3) is 0 Å². The molecule has 1 aromatic heterocycles. The van der Waals surface area contributed by atoms with Crippen molar-refractivity contribution in [2.24, 2.45) is 0 Å². The molecule has 0 radical (unpaired) electrons. The minimum atomic E-state index is -4.47. The Morgan fingerprint density at radius 2 is 1.96 bits per heavy atom. The van der Waals surface area contributed by atoms with Crippen molar-refractivity contribution < 1.29 is 31.8 Å². The maximum absolute atomic E-state index is 13.0. The molecule has 0 aliphatic rings.